The van der Waals surface area contributed by atoms with Crippen LogP contribution in [0.5, 0.6) is 0 Å². The van der Waals surface area contributed by atoms with Crippen molar-refractivity contribution in [3.05, 3.63) is 22.7 Å². The summed E-state index contributed by atoms with van der Waals surface area (Å²) >= 11 is 3.49. The molecule has 0 atom stereocenters. The highest BCUT2D eigenvalue weighted by Crippen LogP contribution is 2.34. The minimum Gasteiger partial charge on any atom is -0.397 e. The fraction of sp³-hybridized carbons (Fsp3) is 0.571. The van der Waals surface area contributed by atoms with Gasteiger partial charge in [0, 0.05) is 16.6 Å². The molecule has 3 nitrogen and oxygen atoms in total. The highest BCUT2D eigenvalue weighted by Gasteiger charge is 2.35. The monoisotopic (exact) mass is 311 g/mol. The van der Waals surface area contributed by atoms with Crippen molar-refractivity contribution in [2.24, 2.45) is 0 Å². The van der Waals surface area contributed by atoms with E-state index in [0.717, 1.165) is 22.4 Å². The zero-order valence-corrected chi connectivity index (χ0v) is 12.8. The summed E-state index contributed by atoms with van der Waals surface area (Å²) < 4.78 is 1.06. The Bertz CT molecular complexity index is 412. The van der Waals surface area contributed by atoms with E-state index >= 15 is 0 Å². The largest absolute Gasteiger partial charge is 0.397 e. The van der Waals surface area contributed by atoms with Crippen LogP contribution in [0.1, 0.15) is 25.7 Å². The molecule has 18 heavy (non-hydrogen) atoms. The first-order valence-corrected chi connectivity index (χ1v) is 7.29. The van der Waals surface area contributed by atoms with Crippen LogP contribution in [0.2, 0.25) is 0 Å². The molecule has 1 aromatic carbocycles. The van der Waals surface area contributed by atoms with Crippen LogP contribution >= 0.6 is 15.9 Å². The molecule has 0 saturated heterocycles. The van der Waals surface area contributed by atoms with Crippen molar-refractivity contribution in [1.29, 1.82) is 0 Å². The lowest BCUT2D eigenvalue weighted by Gasteiger charge is -2.37. The molecule has 0 amide bonds. The number of hydrogen-bond donors (Lipinski definition) is 2. The topological polar surface area (TPSA) is 41.3 Å². The summed E-state index contributed by atoms with van der Waals surface area (Å²) in [6.45, 7) is 0.959. The number of rotatable bonds is 4. The van der Waals surface area contributed by atoms with E-state index in [4.69, 9.17) is 5.73 Å². The van der Waals surface area contributed by atoms with Crippen molar-refractivity contribution in [3.8, 4) is 0 Å². The van der Waals surface area contributed by atoms with Gasteiger partial charge in [0.15, 0.2) is 0 Å². The molecular formula is C14H22BrN3. The molecule has 0 aromatic heterocycles. The fourth-order valence-electron chi connectivity index (χ4n) is 2.76. The number of nitrogens with zero attached hydrogens (tertiary/aromatic N) is 1. The maximum absolute atomic E-state index is 6.00. The van der Waals surface area contributed by atoms with E-state index in [1.165, 1.54) is 25.7 Å². The van der Waals surface area contributed by atoms with Gasteiger partial charge in [-0.15, -0.1) is 0 Å². The van der Waals surface area contributed by atoms with Gasteiger partial charge in [-0.05, 0) is 45.1 Å². The van der Waals surface area contributed by atoms with E-state index in [-0.39, 0.29) is 5.54 Å². The summed E-state index contributed by atoms with van der Waals surface area (Å²) in [6, 6.07) is 5.95. The van der Waals surface area contributed by atoms with Crippen molar-refractivity contribution in [2.45, 2.75) is 31.2 Å². The maximum atomic E-state index is 6.00. The van der Waals surface area contributed by atoms with Crippen molar-refractivity contribution < 1.29 is 0 Å². The van der Waals surface area contributed by atoms with Gasteiger partial charge in [-0.2, -0.15) is 0 Å². The minimum atomic E-state index is 0.286. The number of halogens is 1. The van der Waals surface area contributed by atoms with Gasteiger partial charge in [-0.1, -0.05) is 28.8 Å². The number of nitrogen functional groups attached to an aromatic ring is 1. The van der Waals surface area contributed by atoms with Crippen molar-refractivity contribution in [1.82, 2.24) is 4.90 Å². The van der Waals surface area contributed by atoms with Gasteiger partial charge in [-0.3, -0.25) is 0 Å². The summed E-state index contributed by atoms with van der Waals surface area (Å²) in [4.78, 5) is 2.36. The average molecular weight is 312 g/mol. The van der Waals surface area contributed by atoms with Crippen LogP contribution in [0.3, 0.4) is 0 Å². The Morgan fingerprint density at radius 1 is 1.33 bits per heavy atom. The Labute approximate surface area is 118 Å². The molecule has 1 saturated carbocycles. The second kappa shape index (κ2) is 5.49. The third-order valence-electron chi connectivity index (χ3n) is 4.11. The molecule has 1 aliphatic carbocycles. The lowest BCUT2D eigenvalue weighted by molar-refractivity contribution is 0.172. The molecule has 0 spiro atoms. The van der Waals surface area contributed by atoms with Gasteiger partial charge in [-0.25, -0.2) is 0 Å². The summed E-state index contributed by atoms with van der Waals surface area (Å²) in [5.41, 5.74) is 8.12. The van der Waals surface area contributed by atoms with Crippen molar-refractivity contribution >= 4 is 27.3 Å². The van der Waals surface area contributed by atoms with Crippen LogP contribution in [0.15, 0.2) is 22.7 Å². The molecule has 4 heteroatoms. The Morgan fingerprint density at radius 2 is 2.00 bits per heavy atom. The van der Waals surface area contributed by atoms with Crippen molar-refractivity contribution in [2.75, 3.05) is 31.7 Å². The van der Waals surface area contributed by atoms with Crippen LogP contribution in [-0.4, -0.2) is 31.1 Å². The number of benzene rings is 1. The summed E-state index contributed by atoms with van der Waals surface area (Å²) in [7, 11) is 4.36. The van der Waals surface area contributed by atoms with Gasteiger partial charge in [0.1, 0.15) is 0 Å². The maximum Gasteiger partial charge on any atom is 0.0585 e. The van der Waals surface area contributed by atoms with Gasteiger partial charge < -0.3 is 16.0 Å². The second-order valence-corrected chi connectivity index (χ2v) is 6.33. The predicted octanol–water partition coefficient (Wildman–Crippen LogP) is 3.32. The molecular weight excluding hydrogens is 290 g/mol. The van der Waals surface area contributed by atoms with Crippen LogP contribution in [0, 0.1) is 0 Å². The van der Waals surface area contributed by atoms with Gasteiger partial charge in [0.25, 0.3) is 0 Å². The van der Waals surface area contributed by atoms with E-state index < -0.39 is 0 Å². The summed E-state index contributed by atoms with van der Waals surface area (Å²) in [5.74, 6) is 0. The Morgan fingerprint density at radius 3 is 2.61 bits per heavy atom. The highest BCUT2D eigenvalue weighted by atomic mass is 79.9. The van der Waals surface area contributed by atoms with Crippen molar-refractivity contribution in [3.63, 3.8) is 0 Å². The average Bonchev–Trinajstić information content (AvgIpc) is 2.80. The quantitative estimate of drug-likeness (QED) is 0.838. The third kappa shape index (κ3) is 2.81. The second-order valence-electron chi connectivity index (χ2n) is 5.41. The predicted molar refractivity (Wildman–Crippen MR) is 81.9 cm³/mol. The first-order valence-electron chi connectivity index (χ1n) is 6.50. The molecule has 0 heterocycles. The number of anilines is 2. The molecule has 0 unspecified atom stereocenters. The molecule has 3 N–H and O–H groups in total. The molecule has 2 rings (SSSR count). The lowest BCUT2D eigenvalue weighted by Crippen LogP contribution is -2.47. The smallest absolute Gasteiger partial charge is 0.0585 e. The van der Waals surface area contributed by atoms with Gasteiger partial charge >= 0.3 is 0 Å². The fourth-order valence-corrected chi connectivity index (χ4v) is 3.12. The molecule has 1 aromatic rings. The zero-order valence-electron chi connectivity index (χ0n) is 11.2. The zero-order chi connectivity index (χ0) is 13.2. The first-order chi connectivity index (χ1) is 8.53. The van der Waals surface area contributed by atoms with E-state index in [1.807, 2.05) is 18.2 Å². The first kappa shape index (κ1) is 13.7. The van der Waals surface area contributed by atoms with Gasteiger partial charge in [0.05, 0.1) is 11.4 Å². The van der Waals surface area contributed by atoms with Crippen LogP contribution in [-0.2, 0) is 0 Å². The van der Waals surface area contributed by atoms with E-state index in [2.05, 4.69) is 40.2 Å². The Balaban J connectivity index is 2.08. The standard InChI is InChI=1S/C14H22BrN3/c1-18(2)14(7-3-4-8-14)10-17-13-9-11(15)5-6-12(13)16/h5-6,9,17H,3-4,7-8,10,16H2,1-2H3. The lowest BCUT2D eigenvalue weighted by atomic mass is 9.96. The molecule has 0 aliphatic heterocycles. The number of hydrogen-bond acceptors (Lipinski definition) is 3. The van der Waals surface area contributed by atoms with Crippen LogP contribution in [0.25, 0.3) is 0 Å². The highest BCUT2D eigenvalue weighted by molar-refractivity contribution is 9.10. The summed E-state index contributed by atoms with van der Waals surface area (Å²) in [6.07, 6.45) is 5.18. The van der Waals surface area contributed by atoms with Gasteiger partial charge in [0.2, 0.25) is 0 Å². The normalized spacial score (nSPS) is 18.2. The van der Waals surface area contributed by atoms with Crippen LogP contribution in [0.4, 0.5) is 11.4 Å². The molecule has 0 bridgehead atoms. The number of likely N-dealkylation sites (N-methyl/N-ethyl adjacent to an activating group) is 1. The number of nitrogens with two attached hydrogens (primary N) is 1. The molecule has 1 fully saturated rings. The third-order valence-corrected chi connectivity index (χ3v) is 4.60. The minimum absolute atomic E-state index is 0.286. The summed E-state index contributed by atoms with van der Waals surface area (Å²) in [5, 5.41) is 3.52. The Kier molecular flexibility index (Phi) is 4.17. The van der Waals surface area contributed by atoms with E-state index in [9.17, 15) is 0 Å². The Hall–Kier alpha value is -0.740. The molecule has 1 aliphatic rings. The van der Waals surface area contributed by atoms with E-state index in [1.54, 1.807) is 0 Å². The SMILES string of the molecule is CN(C)C1(CNc2cc(Br)ccc2N)CCCC1. The molecule has 100 valence electrons. The van der Waals surface area contributed by atoms with Crippen LogP contribution < -0.4 is 11.1 Å². The van der Waals surface area contributed by atoms with E-state index in [0.29, 0.717) is 0 Å². The number of nitrogens with one attached hydrogen (secondary N) is 1. The molecule has 0 radical (unpaired) electrons.